The third-order valence-electron chi connectivity index (χ3n) is 5.40. The molecule has 0 saturated heterocycles. The Morgan fingerprint density at radius 2 is 1.66 bits per heavy atom. The lowest BCUT2D eigenvalue weighted by Crippen LogP contribution is -2.37. The van der Waals surface area contributed by atoms with Crippen LogP contribution < -0.4 is 10.2 Å². The number of ether oxygens (including phenoxy) is 1. The van der Waals surface area contributed by atoms with Crippen LogP contribution in [-0.2, 0) is 11.3 Å². The molecule has 4 aromatic rings. The molecule has 0 bridgehead atoms. The van der Waals surface area contributed by atoms with Crippen molar-refractivity contribution in [2.45, 2.75) is 26.5 Å². The van der Waals surface area contributed by atoms with Gasteiger partial charge in [-0.2, -0.15) is 0 Å². The number of amides is 1. The van der Waals surface area contributed by atoms with E-state index in [9.17, 15) is 9.59 Å². The molecule has 1 atom stereocenters. The highest BCUT2D eigenvalue weighted by Crippen LogP contribution is 2.26. The molecule has 0 aliphatic heterocycles. The van der Waals surface area contributed by atoms with Crippen molar-refractivity contribution >= 4 is 16.9 Å². The van der Waals surface area contributed by atoms with E-state index in [-0.39, 0.29) is 11.3 Å². The Bertz CT molecular complexity index is 1300. The van der Waals surface area contributed by atoms with E-state index in [2.05, 4.69) is 0 Å². The lowest BCUT2D eigenvalue weighted by molar-refractivity contribution is -0.137. The van der Waals surface area contributed by atoms with Crippen LogP contribution in [0, 0.1) is 6.92 Å². The predicted octanol–water partition coefficient (Wildman–Crippen LogP) is 5.19. The minimum absolute atomic E-state index is 0.0896. The monoisotopic (exact) mass is 427 g/mol. The summed E-state index contributed by atoms with van der Waals surface area (Å²) >= 11 is 0. The molecule has 0 spiro atoms. The number of aryl methyl sites for hydroxylation is 1. The van der Waals surface area contributed by atoms with Gasteiger partial charge in [0.25, 0.3) is 5.91 Å². The zero-order valence-electron chi connectivity index (χ0n) is 18.4. The Morgan fingerprint density at radius 3 is 2.34 bits per heavy atom. The maximum atomic E-state index is 13.1. The SMILES string of the molecule is Cc1oc2cc(O[C@H](C)C(=O)N(C)Cc3ccccc3)ccc2c(=O)c1-c1ccccc1. The van der Waals surface area contributed by atoms with Crippen LogP contribution in [0.5, 0.6) is 5.75 Å². The van der Waals surface area contributed by atoms with Crippen molar-refractivity contribution in [1.29, 1.82) is 0 Å². The Balaban J connectivity index is 1.55. The smallest absolute Gasteiger partial charge is 0.263 e. The van der Waals surface area contributed by atoms with E-state index in [1.165, 1.54) is 0 Å². The maximum absolute atomic E-state index is 13.1. The minimum atomic E-state index is -0.683. The van der Waals surface area contributed by atoms with Gasteiger partial charge in [0.05, 0.1) is 10.9 Å². The zero-order valence-corrected chi connectivity index (χ0v) is 18.4. The molecule has 5 heteroatoms. The standard InChI is InChI=1S/C27H25NO4/c1-18-25(21-12-8-5-9-13-21)26(29)23-15-14-22(16-24(23)32-18)31-19(2)27(30)28(3)17-20-10-6-4-7-11-20/h4-16,19H,17H2,1-3H3/t19-/m1/s1. The average molecular weight is 428 g/mol. The summed E-state index contributed by atoms with van der Waals surface area (Å²) in [7, 11) is 1.75. The van der Waals surface area contributed by atoms with Crippen LogP contribution in [0.25, 0.3) is 22.1 Å². The van der Waals surface area contributed by atoms with Gasteiger partial charge in [-0.25, -0.2) is 0 Å². The first-order valence-electron chi connectivity index (χ1n) is 10.5. The fourth-order valence-electron chi connectivity index (χ4n) is 3.80. The normalized spacial score (nSPS) is 11.8. The molecule has 0 unspecified atom stereocenters. The molecular formula is C27H25NO4. The molecule has 4 rings (SSSR count). The van der Waals surface area contributed by atoms with Gasteiger partial charge < -0.3 is 14.1 Å². The average Bonchev–Trinajstić information content (AvgIpc) is 2.79. The van der Waals surface area contributed by atoms with Crippen molar-refractivity contribution in [2.75, 3.05) is 7.05 Å². The number of hydrogen-bond donors (Lipinski definition) is 0. The van der Waals surface area contributed by atoms with Crippen molar-refractivity contribution in [3.63, 3.8) is 0 Å². The Hall–Kier alpha value is -3.86. The van der Waals surface area contributed by atoms with Gasteiger partial charge in [0.15, 0.2) is 6.10 Å². The fourth-order valence-corrected chi connectivity index (χ4v) is 3.80. The zero-order chi connectivity index (χ0) is 22.7. The lowest BCUT2D eigenvalue weighted by Gasteiger charge is -2.22. The van der Waals surface area contributed by atoms with Gasteiger partial charge in [-0.15, -0.1) is 0 Å². The second-order valence-electron chi connectivity index (χ2n) is 7.83. The third-order valence-corrected chi connectivity index (χ3v) is 5.40. The molecule has 1 amide bonds. The van der Waals surface area contributed by atoms with Gasteiger partial charge in [-0.05, 0) is 37.1 Å². The molecule has 162 valence electrons. The number of carbonyl (C=O) groups excluding carboxylic acids is 1. The summed E-state index contributed by atoms with van der Waals surface area (Å²) < 4.78 is 11.8. The van der Waals surface area contributed by atoms with Crippen LogP contribution >= 0.6 is 0 Å². The highest BCUT2D eigenvalue weighted by molar-refractivity contribution is 5.84. The summed E-state index contributed by atoms with van der Waals surface area (Å²) in [5.74, 6) is 0.880. The molecule has 1 heterocycles. The molecule has 1 aromatic heterocycles. The quantitative estimate of drug-likeness (QED) is 0.425. The largest absolute Gasteiger partial charge is 0.481 e. The van der Waals surface area contributed by atoms with Crippen LogP contribution in [0.1, 0.15) is 18.2 Å². The van der Waals surface area contributed by atoms with Crippen LogP contribution in [0.4, 0.5) is 0 Å². The summed E-state index contributed by atoms with van der Waals surface area (Å²) in [5, 5.41) is 0.474. The molecular weight excluding hydrogens is 402 g/mol. The van der Waals surface area contributed by atoms with E-state index in [4.69, 9.17) is 9.15 Å². The van der Waals surface area contributed by atoms with E-state index in [0.29, 0.717) is 34.6 Å². The number of hydrogen-bond acceptors (Lipinski definition) is 4. The molecule has 0 radical (unpaired) electrons. The topological polar surface area (TPSA) is 59.8 Å². The van der Waals surface area contributed by atoms with Gasteiger partial charge in [-0.3, -0.25) is 9.59 Å². The van der Waals surface area contributed by atoms with Crippen molar-refractivity contribution in [3.8, 4) is 16.9 Å². The van der Waals surface area contributed by atoms with Crippen LogP contribution in [0.2, 0.25) is 0 Å². The van der Waals surface area contributed by atoms with E-state index in [1.54, 1.807) is 44.0 Å². The first kappa shape index (κ1) is 21.4. The minimum Gasteiger partial charge on any atom is -0.481 e. The molecule has 5 nitrogen and oxygen atoms in total. The van der Waals surface area contributed by atoms with E-state index in [1.807, 2.05) is 60.7 Å². The summed E-state index contributed by atoms with van der Waals surface area (Å²) in [4.78, 5) is 27.5. The number of likely N-dealkylation sites (N-methyl/N-ethyl adjacent to an activating group) is 1. The highest BCUT2D eigenvalue weighted by Gasteiger charge is 2.20. The van der Waals surface area contributed by atoms with Crippen molar-refractivity contribution in [2.24, 2.45) is 0 Å². The van der Waals surface area contributed by atoms with E-state index >= 15 is 0 Å². The Labute approximate surface area is 186 Å². The first-order valence-corrected chi connectivity index (χ1v) is 10.5. The van der Waals surface area contributed by atoms with Crippen molar-refractivity contribution < 1.29 is 13.9 Å². The second-order valence-corrected chi connectivity index (χ2v) is 7.83. The van der Waals surface area contributed by atoms with E-state index in [0.717, 1.165) is 11.1 Å². The summed E-state index contributed by atoms with van der Waals surface area (Å²) in [5.41, 5.74) is 2.77. The molecule has 3 aromatic carbocycles. The molecule has 0 N–H and O–H groups in total. The number of carbonyl (C=O) groups is 1. The Morgan fingerprint density at radius 1 is 1.00 bits per heavy atom. The number of nitrogens with zero attached hydrogens (tertiary/aromatic N) is 1. The summed E-state index contributed by atoms with van der Waals surface area (Å²) in [6.07, 6.45) is -0.683. The van der Waals surface area contributed by atoms with Gasteiger partial charge in [0.1, 0.15) is 17.1 Å². The molecule has 0 saturated carbocycles. The summed E-state index contributed by atoms with van der Waals surface area (Å²) in [6.45, 7) is 4.00. The van der Waals surface area contributed by atoms with Gasteiger partial charge in [0.2, 0.25) is 5.43 Å². The van der Waals surface area contributed by atoms with E-state index < -0.39 is 6.10 Å². The molecule has 0 fully saturated rings. The van der Waals surface area contributed by atoms with Crippen LogP contribution in [0.3, 0.4) is 0 Å². The van der Waals surface area contributed by atoms with Crippen LogP contribution in [-0.4, -0.2) is 24.0 Å². The molecule has 32 heavy (non-hydrogen) atoms. The molecule has 0 aliphatic carbocycles. The van der Waals surface area contributed by atoms with Crippen LogP contribution in [0.15, 0.2) is 88.1 Å². The highest BCUT2D eigenvalue weighted by atomic mass is 16.5. The fraction of sp³-hybridized carbons (Fsp3) is 0.185. The molecule has 0 aliphatic rings. The number of fused-ring (bicyclic) bond motifs is 1. The third kappa shape index (κ3) is 4.42. The van der Waals surface area contributed by atoms with Gasteiger partial charge in [-0.1, -0.05) is 60.7 Å². The second kappa shape index (κ2) is 9.10. The van der Waals surface area contributed by atoms with Crippen molar-refractivity contribution in [1.82, 2.24) is 4.90 Å². The first-order chi connectivity index (χ1) is 15.4. The van der Waals surface area contributed by atoms with Gasteiger partial charge >= 0.3 is 0 Å². The maximum Gasteiger partial charge on any atom is 0.263 e. The Kier molecular flexibility index (Phi) is 6.08. The van der Waals surface area contributed by atoms with Gasteiger partial charge in [0, 0.05) is 19.7 Å². The number of benzene rings is 3. The number of rotatable bonds is 6. The predicted molar refractivity (Wildman–Crippen MR) is 126 cm³/mol. The van der Waals surface area contributed by atoms with Crippen molar-refractivity contribution in [3.05, 3.63) is 100 Å². The summed E-state index contributed by atoms with van der Waals surface area (Å²) in [6, 6.07) is 24.3. The lowest BCUT2D eigenvalue weighted by atomic mass is 10.0.